The van der Waals surface area contributed by atoms with E-state index in [4.69, 9.17) is 4.74 Å². The zero-order valence-electron chi connectivity index (χ0n) is 7.53. The van der Waals surface area contributed by atoms with Gasteiger partial charge in [-0.15, -0.1) is 0 Å². The standard InChI is InChI=1S/C10H12BrNO/c1-13-10-9(5-2-3-7-11)6-4-8-12-10/h2,4-6,8H,3,7H2,1H3. The minimum absolute atomic E-state index is 0.674. The second-order valence-electron chi connectivity index (χ2n) is 2.48. The van der Waals surface area contributed by atoms with Crippen molar-refractivity contribution in [2.45, 2.75) is 6.42 Å². The fourth-order valence-corrected chi connectivity index (χ4v) is 1.24. The summed E-state index contributed by atoms with van der Waals surface area (Å²) in [4.78, 5) is 4.09. The summed E-state index contributed by atoms with van der Waals surface area (Å²) in [5.41, 5.74) is 1.02. The Hall–Kier alpha value is -0.830. The zero-order chi connectivity index (χ0) is 9.52. The maximum Gasteiger partial charge on any atom is 0.220 e. The van der Waals surface area contributed by atoms with Crippen LogP contribution in [0.15, 0.2) is 24.4 Å². The van der Waals surface area contributed by atoms with E-state index in [0.717, 1.165) is 17.3 Å². The molecule has 1 rings (SSSR count). The van der Waals surface area contributed by atoms with Gasteiger partial charge in [0, 0.05) is 17.1 Å². The zero-order valence-corrected chi connectivity index (χ0v) is 9.12. The number of pyridine rings is 1. The third-order valence-corrected chi connectivity index (χ3v) is 2.02. The van der Waals surface area contributed by atoms with E-state index in [1.807, 2.05) is 18.2 Å². The molecule has 0 amide bonds. The molecule has 70 valence electrons. The smallest absolute Gasteiger partial charge is 0.220 e. The van der Waals surface area contributed by atoms with Gasteiger partial charge in [-0.25, -0.2) is 4.98 Å². The third-order valence-electron chi connectivity index (χ3n) is 1.57. The average molecular weight is 242 g/mol. The molecular formula is C10H12BrNO. The highest BCUT2D eigenvalue weighted by Crippen LogP contribution is 2.15. The Morgan fingerprint density at radius 3 is 3.15 bits per heavy atom. The summed E-state index contributed by atoms with van der Waals surface area (Å²) < 4.78 is 5.10. The maximum atomic E-state index is 5.10. The van der Waals surface area contributed by atoms with Crippen molar-refractivity contribution in [3.8, 4) is 5.88 Å². The predicted molar refractivity (Wildman–Crippen MR) is 58.2 cm³/mol. The maximum absolute atomic E-state index is 5.10. The Morgan fingerprint density at radius 2 is 2.46 bits per heavy atom. The summed E-state index contributed by atoms with van der Waals surface area (Å²) in [5.74, 6) is 0.674. The van der Waals surface area contributed by atoms with Gasteiger partial charge in [0.05, 0.1) is 7.11 Å². The molecule has 1 aromatic rings. The van der Waals surface area contributed by atoms with E-state index in [1.54, 1.807) is 13.3 Å². The summed E-state index contributed by atoms with van der Waals surface area (Å²) in [6, 6.07) is 3.88. The van der Waals surface area contributed by atoms with Crippen molar-refractivity contribution in [1.82, 2.24) is 4.98 Å². The lowest BCUT2D eigenvalue weighted by atomic mass is 10.2. The first-order valence-corrected chi connectivity index (χ1v) is 5.22. The Kier molecular flexibility index (Phi) is 4.54. The molecule has 0 saturated heterocycles. The summed E-state index contributed by atoms with van der Waals surface area (Å²) >= 11 is 3.36. The van der Waals surface area contributed by atoms with Crippen LogP contribution in [0.4, 0.5) is 0 Å². The summed E-state index contributed by atoms with van der Waals surface area (Å²) in [6.07, 6.45) is 6.85. The second-order valence-corrected chi connectivity index (χ2v) is 3.27. The van der Waals surface area contributed by atoms with E-state index in [2.05, 4.69) is 27.0 Å². The van der Waals surface area contributed by atoms with Crippen LogP contribution in [0.5, 0.6) is 5.88 Å². The lowest BCUT2D eigenvalue weighted by molar-refractivity contribution is 0.397. The summed E-state index contributed by atoms with van der Waals surface area (Å²) in [6.45, 7) is 0. The van der Waals surface area contributed by atoms with Crippen LogP contribution < -0.4 is 4.74 Å². The SMILES string of the molecule is COc1ncccc1C=CCCBr. The minimum Gasteiger partial charge on any atom is -0.481 e. The third kappa shape index (κ3) is 3.19. The highest BCUT2D eigenvalue weighted by atomic mass is 79.9. The van der Waals surface area contributed by atoms with Crippen LogP contribution in [-0.2, 0) is 0 Å². The molecule has 0 bridgehead atoms. The van der Waals surface area contributed by atoms with E-state index >= 15 is 0 Å². The molecule has 0 atom stereocenters. The molecular weight excluding hydrogens is 230 g/mol. The number of hydrogen-bond donors (Lipinski definition) is 0. The second kappa shape index (κ2) is 5.75. The van der Waals surface area contributed by atoms with Crippen molar-refractivity contribution >= 4 is 22.0 Å². The number of hydrogen-bond acceptors (Lipinski definition) is 2. The van der Waals surface area contributed by atoms with Crippen LogP contribution in [0.1, 0.15) is 12.0 Å². The molecule has 13 heavy (non-hydrogen) atoms. The molecule has 3 heteroatoms. The van der Waals surface area contributed by atoms with E-state index in [-0.39, 0.29) is 0 Å². The number of aromatic nitrogens is 1. The van der Waals surface area contributed by atoms with Crippen LogP contribution >= 0.6 is 15.9 Å². The summed E-state index contributed by atoms with van der Waals surface area (Å²) in [7, 11) is 1.63. The van der Waals surface area contributed by atoms with Crippen LogP contribution in [-0.4, -0.2) is 17.4 Å². The van der Waals surface area contributed by atoms with Gasteiger partial charge in [0.15, 0.2) is 0 Å². The fourth-order valence-electron chi connectivity index (χ4n) is 0.974. The van der Waals surface area contributed by atoms with Gasteiger partial charge >= 0.3 is 0 Å². The molecule has 1 heterocycles. The monoisotopic (exact) mass is 241 g/mol. The highest BCUT2D eigenvalue weighted by Gasteiger charge is 1.96. The van der Waals surface area contributed by atoms with Crippen molar-refractivity contribution in [3.05, 3.63) is 30.0 Å². The van der Waals surface area contributed by atoms with Crippen LogP contribution in [0.3, 0.4) is 0 Å². The van der Waals surface area contributed by atoms with Crippen LogP contribution in [0, 0.1) is 0 Å². The largest absolute Gasteiger partial charge is 0.481 e. The molecule has 0 spiro atoms. The Morgan fingerprint density at radius 1 is 1.62 bits per heavy atom. The molecule has 0 fully saturated rings. The van der Waals surface area contributed by atoms with Gasteiger partial charge in [-0.05, 0) is 18.6 Å². The number of halogens is 1. The first-order valence-electron chi connectivity index (χ1n) is 4.10. The van der Waals surface area contributed by atoms with Gasteiger partial charge < -0.3 is 4.74 Å². The average Bonchev–Trinajstić information content (AvgIpc) is 2.19. The lowest BCUT2D eigenvalue weighted by Gasteiger charge is -2.01. The van der Waals surface area contributed by atoms with Crippen LogP contribution in [0.25, 0.3) is 6.08 Å². The number of rotatable bonds is 4. The quantitative estimate of drug-likeness (QED) is 0.757. The molecule has 2 nitrogen and oxygen atoms in total. The van der Waals surface area contributed by atoms with E-state index in [1.165, 1.54) is 0 Å². The van der Waals surface area contributed by atoms with Gasteiger partial charge in [0.2, 0.25) is 5.88 Å². The molecule has 0 radical (unpaired) electrons. The van der Waals surface area contributed by atoms with Gasteiger partial charge in [-0.2, -0.15) is 0 Å². The Labute approximate surface area is 86.8 Å². The molecule has 0 N–H and O–H groups in total. The van der Waals surface area contributed by atoms with Crippen LogP contribution in [0.2, 0.25) is 0 Å². The van der Waals surface area contributed by atoms with Gasteiger partial charge in [-0.1, -0.05) is 28.1 Å². The Balaban J connectivity index is 2.74. The molecule has 0 aromatic carbocycles. The number of alkyl halides is 1. The van der Waals surface area contributed by atoms with E-state index in [0.29, 0.717) is 5.88 Å². The minimum atomic E-state index is 0.674. The van der Waals surface area contributed by atoms with Crippen molar-refractivity contribution in [3.63, 3.8) is 0 Å². The van der Waals surface area contributed by atoms with Gasteiger partial charge in [-0.3, -0.25) is 0 Å². The number of allylic oxidation sites excluding steroid dienone is 1. The number of nitrogens with zero attached hydrogens (tertiary/aromatic N) is 1. The molecule has 0 unspecified atom stereocenters. The molecule has 0 aliphatic carbocycles. The topological polar surface area (TPSA) is 22.1 Å². The van der Waals surface area contributed by atoms with Gasteiger partial charge in [0.1, 0.15) is 0 Å². The predicted octanol–water partition coefficient (Wildman–Crippen LogP) is 2.89. The van der Waals surface area contributed by atoms with Crippen molar-refractivity contribution < 1.29 is 4.74 Å². The lowest BCUT2D eigenvalue weighted by Crippen LogP contribution is -1.89. The molecule has 0 aliphatic rings. The normalized spacial score (nSPS) is 10.6. The number of ether oxygens (including phenoxy) is 1. The number of methoxy groups -OCH3 is 1. The van der Waals surface area contributed by atoms with Crippen molar-refractivity contribution in [1.29, 1.82) is 0 Å². The highest BCUT2D eigenvalue weighted by molar-refractivity contribution is 9.09. The first-order chi connectivity index (χ1) is 6.38. The van der Waals surface area contributed by atoms with Crippen molar-refractivity contribution in [2.75, 3.05) is 12.4 Å². The van der Waals surface area contributed by atoms with Crippen molar-refractivity contribution in [2.24, 2.45) is 0 Å². The first kappa shape index (κ1) is 10.3. The molecule has 0 saturated carbocycles. The van der Waals surface area contributed by atoms with Gasteiger partial charge in [0.25, 0.3) is 0 Å². The fraction of sp³-hybridized carbons (Fsp3) is 0.300. The van der Waals surface area contributed by atoms with E-state index in [9.17, 15) is 0 Å². The Bertz CT molecular complexity index is 286. The summed E-state index contributed by atoms with van der Waals surface area (Å²) in [5, 5.41) is 0.978. The van der Waals surface area contributed by atoms with E-state index < -0.39 is 0 Å². The molecule has 1 aromatic heterocycles. The molecule has 0 aliphatic heterocycles.